The van der Waals surface area contributed by atoms with Gasteiger partial charge in [0, 0.05) is 19.4 Å². The van der Waals surface area contributed by atoms with Crippen LogP contribution in [0.5, 0.6) is 0 Å². The number of allylic oxidation sites excluding steroid dienone is 1. The fourth-order valence-corrected chi connectivity index (χ4v) is 7.15. The number of fused-ring (bicyclic) bond motifs is 2. The van der Waals surface area contributed by atoms with Crippen molar-refractivity contribution in [2.45, 2.75) is 58.7 Å². The molecular formula is C22H30O7. The molecule has 7 unspecified atom stereocenters. The van der Waals surface area contributed by atoms with E-state index >= 15 is 0 Å². The van der Waals surface area contributed by atoms with Gasteiger partial charge in [0.15, 0.2) is 5.78 Å². The molecule has 7 atom stereocenters. The first-order valence-electron chi connectivity index (χ1n) is 10.4. The fourth-order valence-electron chi connectivity index (χ4n) is 7.15. The molecule has 4 aliphatic rings. The summed E-state index contributed by atoms with van der Waals surface area (Å²) in [5, 5.41) is 21.7. The molecule has 0 aromatic rings. The summed E-state index contributed by atoms with van der Waals surface area (Å²) in [4.78, 5) is 38.3. The summed E-state index contributed by atoms with van der Waals surface area (Å²) in [6, 6.07) is 0. The minimum atomic E-state index is -1.52. The maximum atomic E-state index is 13.3. The molecule has 160 valence electrons. The van der Waals surface area contributed by atoms with Gasteiger partial charge in [0.2, 0.25) is 0 Å². The number of esters is 2. The van der Waals surface area contributed by atoms with E-state index in [4.69, 9.17) is 9.47 Å². The summed E-state index contributed by atoms with van der Waals surface area (Å²) in [7, 11) is 0. The summed E-state index contributed by atoms with van der Waals surface area (Å²) in [6.07, 6.45) is 0.193. The smallest absolute Gasteiger partial charge is 0.320 e. The van der Waals surface area contributed by atoms with Crippen LogP contribution in [0.2, 0.25) is 0 Å². The van der Waals surface area contributed by atoms with Crippen molar-refractivity contribution in [1.29, 1.82) is 0 Å². The van der Waals surface area contributed by atoms with E-state index in [1.54, 1.807) is 0 Å². The zero-order valence-corrected chi connectivity index (χ0v) is 17.3. The van der Waals surface area contributed by atoms with Gasteiger partial charge >= 0.3 is 11.9 Å². The van der Waals surface area contributed by atoms with Crippen LogP contribution in [0, 0.1) is 34.0 Å². The van der Waals surface area contributed by atoms with Crippen molar-refractivity contribution in [3.63, 3.8) is 0 Å². The molecule has 0 aromatic heterocycles. The number of carbonyl (C=O) groups excluding carboxylic acids is 3. The first-order valence-corrected chi connectivity index (χ1v) is 10.4. The van der Waals surface area contributed by atoms with E-state index in [0.717, 1.165) is 0 Å². The second kappa shape index (κ2) is 6.38. The molecule has 0 radical (unpaired) electrons. The second-order valence-electron chi connectivity index (χ2n) is 10.1. The highest BCUT2D eigenvalue weighted by Crippen LogP contribution is 2.68. The molecule has 4 fully saturated rings. The molecule has 3 saturated carbocycles. The van der Waals surface area contributed by atoms with Crippen molar-refractivity contribution in [2.24, 2.45) is 34.0 Å². The van der Waals surface area contributed by atoms with Crippen molar-refractivity contribution >= 4 is 17.7 Å². The van der Waals surface area contributed by atoms with Crippen LogP contribution in [0.1, 0.15) is 46.5 Å². The van der Waals surface area contributed by atoms with E-state index in [2.05, 4.69) is 6.58 Å². The van der Waals surface area contributed by atoms with Crippen LogP contribution in [-0.4, -0.2) is 53.4 Å². The third-order valence-electron chi connectivity index (χ3n) is 8.33. The number of ketones is 1. The van der Waals surface area contributed by atoms with Gasteiger partial charge in [-0.2, -0.15) is 0 Å². The van der Waals surface area contributed by atoms with Crippen LogP contribution in [0.4, 0.5) is 0 Å². The average molecular weight is 406 g/mol. The number of ether oxygens (including phenoxy) is 2. The first-order chi connectivity index (χ1) is 13.5. The maximum absolute atomic E-state index is 13.3. The maximum Gasteiger partial charge on any atom is 0.320 e. The van der Waals surface area contributed by atoms with Gasteiger partial charge in [0.25, 0.3) is 0 Å². The van der Waals surface area contributed by atoms with Crippen molar-refractivity contribution in [1.82, 2.24) is 0 Å². The molecule has 2 bridgehead atoms. The predicted molar refractivity (Wildman–Crippen MR) is 101 cm³/mol. The average Bonchev–Trinajstić information content (AvgIpc) is 2.83. The van der Waals surface area contributed by atoms with E-state index in [9.17, 15) is 24.6 Å². The highest BCUT2D eigenvalue weighted by Gasteiger charge is 2.76. The van der Waals surface area contributed by atoms with Gasteiger partial charge in [0.1, 0.15) is 18.1 Å². The van der Waals surface area contributed by atoms with Crippen LogP contribution in [-0.2, 0) is 23.9 Å². The Morgan fingerprint density at radius 2 is 2.03 bits per heavy atom. The molecule has 1 saturated heterocycles. The predicted octanol–water partition coefficient (Wildman–Crippen LogP) is 1.40. The standard InChI is InChI=1S/C22H30O7/c1-11-13-7-14(25)17-21(8-13,18(11)26)19(27)28-10-22(17)15(9-23)20(3,4)6-5-16(22)29-12(2)24/h13-17,23,25H,1,5-10H2,2-4H3. The Hall–Kier alpha value is -1.73. The quantitative estimate of drug-likeness (QED) is 0.405. The monoisotopic (exact) mass is 406 g/mol. The normalized spacial score (nSPS) is 45.7. The second-order valence-corrected chi connectivity index (χ2v) is 10.1. The number of carbonyl (C=O) groups is 3. The van der Waals surface area contributed by atoms with Gasteiger partial charge in [0.05, 0.1) is 11.5 Å². The lowest BCUT2D eigenvalue weighted by molar-refractivity contribution is -0.263. The summed E-state index contributed by atoms with van der Waals surface area (Å²) in [5.41, 5.74) is -2.55. The van der Waals surface area contributed by atoms with Crippen LogP contribution in [0.3, 0.4) is 0 Å². The highest BCUT2D eigenvalue weighted by atomic mass is 16.6. The molecule has 7 heteroatoms. The lowest BCUT2D eigenvalue weighted by Gasteiger charge is -2.63. The van der Waals surface area contributed by atoms with Crippen molar-refractivity contribution in [3.05, 3.63) is 12.2 Å². The van der Waals surface area contributed by atoms with Gasteiger partial charge in [-0.15, -0.1) is 0 Å². The Bertz CT molecular complexity index is 786. The molecule has 1 heterocycles. The summed E-state index contributed by atoms with van der Waals surface area (Å²) >= 11 is 0. The fraction of sp³-hybridized carbons (Fsp3) is 0.773. The van der Waals surface area contributed by atoms with E-state index in [1.807, 2.05) is 13.8 Å². The first kappa shape index (κ1) is 20.5. The van der Waals surface area contributed by atoms with E-state index < -0.39 is 46.8 Å². The SMILES string of the molecule is C=C1C(=O)C23CC1CC(O)C2C1(COC3=O)C(OC(C)=O)CCC(C)(C)C1CO. The molecule has 7 nitrogen and oxygen atoms in total. The number of Topliss-reactive ketones (excluding diaryl/α,β-unsaturated/α-hetero) is 1. The summed E-state index contributed by atoms with van der Waals surface area (Å²) in [6.45, 7) is 8.95. The molecule has 0 aromatic carbocycles. The molecular weight excluding hydrogens is 376 g/mol. The topological polar surface area (TPSA) is 110 Å². The molecule has 4 rings (SSSR count). The molecule has 29 heavy (non-hydrogen) atoms. The van der Waals surface area contributed by atoms with E-state index in [1.165, 1.54) is 6.92 Å². The Morgan fingerprint density at radius 3 is 2.66 bits per heavy atom. The van der Waals surface area contributed by atoms with Gasteiger partial charge in [-0.05, 0) is 48.5 Å². The minimum absolute atomic E-state index is 0.0909. The number of aliphatic hydroxyl groups excluding tert-OH is 2. The number of aliphatic hydroxyl groups is 2. The third kappa shape index (κ3) is 2.46. The van der Waals surface area contributed by atoms with Crippen molar-refractivity contribution in [2.75, 3.05) is 13.2 Å². The van der Waals surface area contributed by atoms with Crippen LogP contribution in [0.15, 0.2) is 12.2 Å². The van der Waals surface area contributed by atoms with Crippen molar-refractivity contribution in [3.8, 4) is 0 Å². The van der Waals surface area contributed by atoms with Gasteiger partial charge in [-0.1, -0.05) is 20.4 Å². The molecule has 2 spiro atoms. The summed E-state index contributed by atoms with van der Waals surface area (Å²) < 4.78 is 11.4. The van der Waals surface area contributed by atoms with Gasteiger partial charge in [-0.25, -0.2) is 0 Å². The van der Waals surface area contributed by atoms with Crippen LogP contribution in [0.25, 0.3) is 0 Å². The number of rotatable bonds is 2. The van der Waals surface area contributed by atoms with E-state index in [0.29, 0.717) is 24.8 Å². The molecule has 0 amide bonds. The van der Waals surface area contributed by atoms with E-state index in [-0.39, 0.29) is 36.8 Å². The molecule has 1 aliphatic heterocycles. The Kier molecular flexibility index (Phi) is 4.52. The molecule has 2 N–H and O–H groups in total. The summed E-state index contributed by atoms with van der Waals surface area (Å²) in [5.74, 6) is -2.93. The van der Waals surface area contributed by atoms with Gasteiger partial charge < -0.3 is 19.7 Å². The lowest BCUT2D eigenvalue weighted by Crippen LogP contribution is -2.71. The van der Waals surface area contributed by atoms with Crippen molar-refractivity contribution < 1.29 is 34.1 Å². The number of cyclic esters (lactones) is 1. The Balaban J connectivity index is 1.95. The Morgan fingerprint density at radius 1 is 1.34 bits per heavy atom. The zero-order chi connectivity index (χ0) is 21.4. The highest BCUT2D eigenvalue weighted by molar-refractivity contribution is 6.15. The third-order valence-corrected chi connectivity index (χ3v) is 8.33. The largest absolute Gasteiger partial charge is 0.464 e. The Labute approximate surface area is 170 Å². The zero-order valence-electron chi connectivity index (χ0n) is 17.3. The number of hydrogen-bond acceptors (Lipinski definition) is 7. The van der Waals surface area contributed by atoms with Gasteiger partial charge in [-0.3, -0.25) is 14.4 Å². The molecule has 3 aliphatic carbocycles. The minimum Gasteiger partial charge on any atom is -0.464 e. The van der Waals surface area contributed by atoms with Crippen LogP contribution >= 0.6 is 0 Å². The van der Waals surface area contributed by atoms with Crippen LogP contribution < -0.4 is 0 Å². The number of hydrogen-bond donors (Lipinski definition) is 2. The lowest BCUT2D eigenvalue weighted by atomic mass is 9.43.